The van der Waals surface area contributed by atoms with Crippen LogP contribution < -0.4 is 5.32 Å². The smallest absolute Gasteiger partial charge is 0.376 e. The fraction of sp³-hybridized carbons (Fsp3) is 0.692. The molecule has 1 aliphatic carbocycles. The third-order valence-corrected chi connectivity index (χ3v) is 3.54. The Kier molecular flexibility index (Phi) is 3.54. The van der Waals surface area contributed by atoms with Gasteiger partial charge in [-0.15, -0.1) is 0 Å². The maximum atomic E-state index is 12.8. The third kappa shape index (κ3) is 3.20. The largest absolute Gasteiger partial charge is 0.433 e. The molecular weight excluding hydrogens is 271 g/mol. The van der Waals surface area contributed by atoms with Gasteiger partial charge in [0, 0.05) is 24.8 Å². The second-order valence-corrected chi connectivity index (χ2v) is 5.29. The van der Waals surface area contributed by atoms with E-state index < -0.39 is 11.9 Å². The van der Waals surface area contributed by atoms with E-state index in [-0.39, 0.29) is 18.0 Å². The van der Waals surface area contributed by atoms with Gasteiger partial charge in [-0.25, -0.2) is 9.97 Å². The number of alkyl halides is 3. The average Bonchev–Trinajstić information content (AvgIpc) is 3.12. The molecule has 1 saturated carbocycles. The minimum absolute atomic E-state index is 0.0394. The Labute approximate surface area is 114 Å². The Hall–Kier alpha value is -1.37. The average molecular weight is 287 g/mol. The lowest BCUT2D eigenvalue weighted by atomic mass is 10.2. The van der Waals surface area contributed by atoms with Crippen molar-refractivity contribution in [3.8, 4) is 0 Å². The van der Waals surface area contributed by atoms with E-state index in [2.05, 4.69) is 15.3 Å². The van der Waals surface area contributed by atoms with Crippen molar-refractivity contribution < 1.29 is 17.9 Å². The molecule has 1 aromatic heterocycles. The Bertz CT molecular complexity index is 482. The first-order valence-electron chi connectivity index (χ1n) is 6.84. The van der Waals surface area contributed by atoms with Crippen LogP contribution in [0.4, 0.5) is 19.1 Å². The first-order chi connectivity index (χ1) is 9.52. The first-order valence-corrected chi connectivity index (χ1v) is 6.84. The van der Waals surface area contributed by atoms with Crippen molar-refractivity contribution in [3.05, 3.63) is 17.5 Å². The van der Waals surface area contributed by atoms with E-state index in [1.807, 2.05) is 0 Å². The van der Waals surface area contributed by atoms with Crippen molar-refractivity contribution in [2.45, 2.75) is 43.9 Å². The number of nitrogens with one attached hydrogen (secondary N) is 1. The zero-order valence-corrected chi connectivity index (χ0v) is 10.9. The van der Waals surface area contributed by atoms with E-state index in [0.717, 1.165) is 31.7 Å². The number of aromatic nitrogens is 2. The van der Waals surface area contributed by atoms with Gasteiger partial charge in [0.05, 0.1) is 6.10 Å². The molecule has 0 radical (unpaired) electrons. The Balaban J connectivity index is 1.76. The summed E-state index contributed by atoms with van der Waals surface area (Å²) < 4.78 is 43.9. The molecule has 1 unspecified atom stereocenters. The lowest BCUT2D eigenvalue weighted by Gasteiger charge is -2.13. The van der Waals surface area contributed by atoms with Gasteiger partial charge in [0.1, 0.15) is 5.69 Å². The lowest BCUT2D eigenvalue weighted by molar-refractivity contribution is -0.141. The molecule has 1 N–H and O–H groups in total. The molecule has 0 bridgehead atoms. The van der Waals surface area contributed by atoms with Gasteiger partial charge in [-0.1, -0.05) is 0 Å². The Morgan fingerprint density at radius 2 is 2.05 bits per heavy atom. The second kappa shape index (κ2) is 5.20. The maximum Gasteiger partial charge on any atom is 0.433 e. The first kappa shape index (κ1) is 13.6. The molecule has 1 aliphatic heterocycles. The zero-order valence-electron chi connectivity index (χ0n) is 10.9. The molecule has 2 fully saturated rings. The molecule has 20 heavy (non-hydrogen) atoms. The number of hydrogen-bond acceptors (Lipinski definition) is 4. The van der Waals surface area contributed by atoms with Gasteiger partial charge in [0.15, 0.2) is 0 Å². The fourth-order valence-corrected chi connectivity index (χ4v) is 2.29. The minimum Gasteiger partial charge on any atom is -0.376 e. The highest BCUT2D eigenvalue weighted by atomic mass is 19.4. The highest BCUT2D eigenvalue weighted by Gasteiger charge is 2.36. The van der Waals surface area contributed by atoms with Crippen LogP contribution in [0.15, 0.2) is 6.07 Å². The van der Waals surface area contributed by atoms with Crippen LogP contribution in [0.25, 0.3) is 0 Å². The molecule has 2 heterocycles. The number of ether oxygens (including phenoxy) is 1. The summed E-state index contributed by atoms with van der Waals surface area (Å²) >= 11 is 0. The maximum absolute atomic E-state index is 12.8. The molecule has 2 aliphatic rings. The lowest BCUT2D eigenvalue weighted by Crippen LogP contribution is -2.21. The molecule has 0 amide bonds. The van der Waals surface area contributed by atoms with Crippen molar-refractivity contribution in [1.82, 2.24) is 9.97 Å². The van der Waals surface area contributed by atoms with Crippen LogP contribution in [0.5, 0.6) is 0 Å². The number of hydrogen-bond donors (Lipinski definition) is 1. The summed E-state index contributed by atoms with van der Waals surface area (Å²) in [7, 11) is 0. The van der Waals surface area contributed by atoms with Crippen molar-refractivity contribution in [1.29, 1.82) is 0 Å². The summed E-state index contributed by atoms with van der Waals surface area (Å²) in [5.74, 6) is 0.208. The SMILES string of the molecule is FC(F)(F)c1cc(C2CC2)nc(NCC2CCCO2)n1. The Morgan fingerprint density at radius 1 is 1.25 bits per heavy atom. The van der Waals surface area contributed by atoms with Gasteiger partial charge in [0.25, 0.3) is 0 Å². The van der Waals surface area contributed by atoms with Gasteiger partial charge < -0.3 is 10.1 Å². The van der Waals surface area contributed by atoms with Gasteiger partial charge in [-0.2, -0.15) is 13.2 Å². The Morgan fingerprint density at radius 3 is 2.65 bits per heavy atom. The zero-order chi connectivity index (χ0) is 14.2. The molecule has 3 rings (SSSR count). The van der Waals surface area contributed by atoms with E-state index in [0.29, 0.717) is 18.8 Å². The molecular formula is C13H16F3N3O. The summed E-state index contributed by atoms with van der Waals surface area (Å²) in [6.07, 6.45) is -0.686. The van der Waals surface area contributed by atoms with Crippen LogP contribution >= 0.6 is 0 Å². The molecule has 1 atom stereocenters. The quantitative estimate of drug-likeness (QED) is 0.925. The third-order valence-electron chi connectivity index (χ3n) is 3.54. The highest BCUT2D eigenvalue weighted by molar-refractivity contribution is 5.32. The van der Waals surface area contributed by atoms with E-state index in [1.54, 1.807) is 0 Å². The molecule has 0 spiro atoms. The standard InChI is InChI=1S/C13H16F3N3O/c14-13(15,16)11-6-10(8-3-4-8)18-12(19-11)17-7-9-2-1-5-20-9/h6,8-9H,1-5,7H2,(H,17,18,19). The predicted octanol–water partition coefficient (Wildman–Crippen LogP) is 2.96. The number of nitrogens with zero attached hydrogens (tertiary/aromatic N) is 2. The predicted molar refractivity (Wildman–Crippen MR) is 66.5 cm³/mol. The van der Waals surface area contributed by atoms with Crippen LogP contribution in [-0.2, 0) is 10.9 Å². The number of rotatable bonds is 4. The van der Waals surface area contributed by atoms with Gasteiger partial charge in [-0.05, 0) is 31.7 Å². The molecule has 1 saturated heterocycles. The van der Waals surface area contributed by atoms with Crippen LogP contribution in [0.2, 0.25) is 0 Å². The van der Waals surface area contributed by atoms with Crippen molar-refractivity contribution in [2.75, 3.05) is 18.5 Å². The minimum atomic E-state index is -4.44. The van der Waals surface area contributed by atoms with Crippen molar-refractivity contribution >= 4 is 5.95 Å². The number of anilines is 1. The summed E-state index contributed by atoms with van der Waals surface area (Å²) in [6.45, 7) is 1.16. The van der Waals surface area contributed by atoms with Crippen LogP contribution in [0.3, 0.4) is 0 Å². The van der Waals surface area contributed by atoms with Crippen molar-refractivity contribution in [2.24, 2.45) is 0 Å². The van der Waals surface area contributed by atoms with E-state index in [1.165, 1.54) is 0 Å². The van der Waals surface area contributed by atoms with Crippen LogP contribution in [0, 0.1) is 0 Å². The number of halogens is 3. The fourth-order valence-electron chi connectivity index (χ4n) is 2.29. The van der Waals surface area contributed by atoms with Gasteiger partial charge in [-0.3, -0.25) is 0 Å². The molecule has 4 nitrogen and oxygen atoms in total. The highest BCUT2D eigenvalue weighted by Crippen LogP contribution is 2.41. The van der Waals surface area contributed by atoms with Gasteiger partial charge >= 0.3 is 6.18 Å². The second-order valence-electron chi connectivity index (χ2n) is 5.29. The van der Waals surface area contributed by atoms with E-state index in [9.17, 15) is 13.2 Å². The van der Waals surface area contributed by atoms with Gasteiger partial charge in [0.2, 0.25) is 5.95 Å². The summed E-state index contributed by atoms with van der Waals surface area (Å²) in [6, 6.07) is 1.06. The molecule has 7 heteroatoms. The summed E-state index contributed by atoms with van der Waals surface area (Å²) in [4.78, 5) is 7.77. The monoisotopic (exact) mass is 287 g/mol. The summed E-state index contributed by atoms with van der Waals surface area (Å²) in [5.41, 5.74) is -0.383. The molecule has 0 aromatic carbocycles. The van der Waals surface area contributed by atoms with E-state index >= 15 is 0 Å². The molecule has 1 aromatic rings. The normalized spacial score (nSPS) is 23.1. The molecule has 110 valence electrons. The summed E-state index contributed by atoms with van der Waals surface area (Å²) in [5, 5.41) is 2.87. The van der Waals surface area contributed by atoms with Crippen LogP contribution in [0.1, 0.15) is 43.0 Å². The van der Waals surface area contributed by atoms with Crippen LogP contribution in [-0.4, -0.2) is 29.2 Å². The van der Waals surface area contributed by atoms with E-state index in [4.69, 9.17) is 4.74 Å². The topological polar surface area (TPSA) is 47.0 Å². The van der Waals surface area contributed by atoms with Crippen molar-refractivity contribution in [3.63, 3.8) is 0 Å².